The van der Waals surface area contributed by atoms with E-state index in [-0.39, 0.29) is 12.1 Å². The molecule has 3 nitrogen and oxygen atoms in total. The van der Waals surface area contributed by atoms with Gasteiger partial charge in [-0.1, -0.05) is 0 Å². The van der Waals surface area contributed by atoms with E-state index in [0.29, 0.717) is 0 Å². The molecule has 0 radical (unpaired) electrons. The second-order valence-corrected chi connectivity index (χ2v) is 3.90. The molecule has 14 heavy (non-hydrogen) atoms. The molecule has 2 N–H and O–H groups in total. The van der Waals surface area contributed by atoms with E-state index in [1.807, 2.05) is 6.07 Å². The lowest BCUT2D eigenvalue weighted by atomic mass is 9.98. The van der Waals surface area contributed by atoms with Gasteiger partial charge >= 0.3 is 0 Å². The van der Waals surface area contributed by atoms with Gasteiger partial charge in [-0.3, -0.25) is 0 Å². The van der Waals surface area contributed by atoms with Gasteiger partial charge in [0, 0.05) is 12.6 Å². The fraction of sp³-hybridized carbons (Fsp3) is 0.636. The Morgan fingerprint density at radius 3 is 3.07 bits per heavy atom. The van der Waals surface area contributed by atoms with Crippen molar-refractivity contribution in [1.29, 1.82) is 0 Å². The Morgan fingerprint density at radius 2 is 2.43 bits per heavy atom. The maximum Gasteiger partial charge on any atom is 0.0935 e. The fourth-order valence-electron chi connectivity index (χ4n) is 1.92. The minimum atomic E-state index is 0.105. The van der Waals surface area contributed by atoms with Crippen molar-refractivity contribution in [3.63, 3.8) is 0 Å². The predicted octanol–water partition coefficient (Wildman–Crippen LogP) is 1.72. The Balaban J connectivity index is 1.85. The molecule has 1 aliphatic heterocycles. The average Bonchev–Trinajstić information content (AvgIpc) is 2.72. The normalized spacial score (nSPS) is 24.8. The number of nitrogens with two attached hydrogens (primary N) is 1. The molecule has 2 rings (SSSR count). The summed E-state index contributed by atoms with van der Waals surface area (Å²) in [5, 5.41) is 0. The fourth-order valence-corrected chi connectivity index (χ4v) is 1.92. The molecule has 0 amide bonds. The molecule has 0 bridgehead atoms. The Hall–Kier alpha value is -0.800. The van der Waals surface area contributed by atoms with Gasteiger partial charge in [0.1, 0.15) is 0 Å². The van der Waals surface area contributed by atoms with Crippen LogP contribution in [0.4, 0.5) is 0 Å². The lowest BCUT2D eigenvalue weighted by molar-refractivity contribution is 0.000617. The highest BCUT2D eigenvalue weighted by molar-refractivity contribution is 5.07. The van der Waals surface area contributed by atoms with E-state index in [1.54, 1.807) is 12.5 Å². The SMILES string of the molecule is NC(Cc1ccoc1)C1CCCCO1. The van der Waals surface area contributed by atoms with Gasteiger partial charge in [0.15, 0.2) is 0 Å². The first-order valence-electron chi connectivity index (χ1n) is 5.24. The van der Waals surface area contributed by atoms with Crippen molar-refractivity contribution in [2.75, 3.05) is 6.61 Å². The Bertz CT molecular complexity index is 252. The molecule has 0 saturated carbocycles. The van der Waals surface area contributed by atoms with Crippen molar-refractivity contribution in [2.24, 2.45) is 5.73 Å². The molecule has 1 aromatic rings. The van der Waals surface area contributed by atoms with Crippen molar-refractivity contribution < 1.29 is 9.15 Å². The summed E-state index contributed by atoms with van der Waals surface area (Å²) < 4.78 is 10.6. The molecular formula is C11H17NO2. The van der Waals surface area contributed by atoms with Gasteiger partial charge in [-0.15, -0.1) is 0 Å². The van der Waals surface area contributed by atoms with E-state index < -0.39 is 0 Å². The highest BCUT2D eigenvalue weighted by Gasteiger charge is 2.21. The smallest absolute Gasteiger partial charge is 0.0935 e. The van der Waals surface area contributed by atoms with Crippen LogP contribution in [0.5, 0.6) is 0 Å². The third-order valence-corrected chi connectivity index (χ3v) is 2.74. The molecule has 0 aromatic carbocycles. The van der Waals surface area contributed by atoms with Crippen molar-refractivity contribution >= 4 is 0 Å². The van der Waals surface area contributed by atoms with Crippen LogP contribution in [-0.4, -0.2) is 18.8 Å². The summed E-state index contributed by atoms with van der Waals surface area (Å²) >= 11 is 0. The molecule has 2 atom stereocenters. The second kappa shape index (κ2) is 4.62. The number of hydrogen-bond acceptors (Lipinski definition) is 3. The van der Waals surface area contributed by atoms with Crippen LogP contribution in [0.15, 0.2) is 23.0 Å². The molecule has 1 fully saturated rings. The van der Waals surface area contributed by atoms with Gasteiger partial charge in [-0.25, -0.2) is 0 Å². The zero-order chi connectivity index (χ0) is 9.80. The van der Waals surface area contributed by atoms with Crippen LogP contribution in [0.1, 0.15) is 24.8 Å². The standard InChI is InChI=1S/C11H17NO2/c12-10(7-9-4-6-13-8-9)11-3-1-2-5-14-11/h4,6,8,10-11H,1-3,5,7,12H2. The first-order chi connectivity index (χ1) is 6.86. The summed E-state index contributed by atoms with van der Waals surface area (Å²) in [7, 11) is 0. The number of ether oxygens (including phenoxy) is 1. The van der Waals surface area contributed by atoms with Crippen LogP contribution in [0.25, 0.3) is 0 Å². The van der Waals surface area contributed by atoms with Crippen LogP contribution in [0.2, 0.25) is 0 Å². The van der Waals surface area contributed by atoms with Gasteiger partial charge < -0.3 is 14.9 Å². The van der Waals surface area contributed by atoms with Gasteiger partial charge in [-0.05, 0) is 37.3 Å². The highest BCUT2D eigenvalue weighted by Crippen LogP contribution is 2.17. The van der Waals surface area contributed by atoms with E-state index in [4.69, 9.17) is 14.9 Å². The molecule has 1 aromatic heterocycles. The number of hydrogen-bond donors (Lipinski definition) is 1. The van der Waals surface area contributed by atoms with Crippen molar-refractivity contribution in [1.82, 2.24) is 0 Å². The minimum Gasteiger partial charge on any atom is -0.472 e. The summed E-state index contributed by atoms with van der Waals surface area (Å²) in [6.45, 7) is 0.865. The first kappa shape index (κ1) is 9.74. The summed E-state index contributed by atoms with van der Waals surface area (Å²) in [5.41, 5.74) is 7.23. The molecule has 2 unspecified atom stereocenters. The largest absolute Gasteiger partial charge is 0.472 e. The van der Waals surface area contributed by atoms with Crippen molar-refractivity contribution in [3.8, 4) is 0 Å². The van der Waals surface area contributed by atoms with E-state index in [2.05, 4.69) is 0 Å². The summed E-state index contributed by atoms with van der Waals surface area (Å²) in [6, 6.07) is 2.07. The van der Waals surface area contributed by atoms with Crippen LogP contribution in [0.3, 0.4) is 0 Å². The molecule has 1 saturated heterocycles. The summed E-state index contributed by atoms with van der Waals surface area (Å²) in [6.07, 6.45) is 8.03. The van der Waals surface area contributed by atoms with E-state index in [0.717, 1.165) is 25.0 Å². The van der Waals surface area contributed by atoms with Gasteiger partial charge in [0.05, 0.1) is 18.6 Å². The van der Waals surface area contributed by atoms with Crippen molar-refractivity contribution in [2.45, 2.75) is 37.8 Å². The van der Waals surface area contributed by atoms with Crippen LogP contribution >= 0.6 is 0 Å². The average molecular weight is 195 g/mol. The van der Waals surface area contributed by atoms with Crippen LogP contribution in [-0.2, 0) is 11.2 Å². The molecule has 0 aliphatic carbocycles. The molecule has 2 heterocycles. The Kier molecular flexibility index (Phi) is 3.22. The first-order valence-corrected chi connectivity index (χ1v) is 5.24. The Labute approximate surface area is 84.2 Å². The molecule has 0 spiro atoms. The molecule has 78 valence electrons. The van der Waals surface area contributed by atoms with E-state index in [1.165, 1.54) is 12.8 Å². The van der Waals surface area contributed by atoms with Crippen molar-refractivity contribution in [3.05, 3.63) is 24.2 Å². The zero-order valence-electron chi connectivity index (χ0n) is 8.32. The quantitative estimate of drug-likeness (QED) is 0.798. The maximum atomic E-state index is 6.07. The highest BCUT2D eigenvalue weighted by atomic mass is 16.5. The van der Waals surface area contributed by atoms with Crippen LogP contribution in [0, 0.1) is 0 Å². The maximum absolute atomic E-state index is 6.07. The monoisotopic (exact) mass is 195 g/mol. The minimum absolute atomic E-state index is 0.105. The zero-order valence-corrected chi connectivity index (χ0v) is 8.32. The molecule has 1 aliphatic rings. The van der Waals surface area contributed by atoms with Gasteiger partial charge in [0.2, 0.25) is 0 Å². The summed E-state index contributed by atoms with van der Waals surface area (Å²) in [4.78, 5) is 0. The molecular weight excluding hydrogens is 178 g/mol. The van der Waals surface area contributed by atoms with E-state index >= 15 is 0 Å². The number of furan rings is 1. The van der Waals surface area contributed by atoms with Gasteiger partial charge in [-0.2, -0.15) is 0 Å². The molecule has 3 heteroatoms. The lowest BCUT2D eigenvalue weighted by Gasteiger charge is -2.27. The van der Waals surface area contributed by atoms with Crippen LogP contribution < -0.4 is 5.73 Å². The second-order valence-electron chi connectivity index (χ2n) is 3.90. The predicted molar refractivity (Wildman–Crippen MR) is 54.0 cm³/mol. The summed E-state index contributed by atoms with van der Waals surface area (Å²) in [5.74, 6) is 0. The lowest BCUT2D eigenvalue weighted by Crippen LogP contribution is -2.40. The third kappa shape index (κ3) is 2.36. The number of rotatable bonds is 3. The van der Waals surface area contributed by atoms with E-state index in [9.17, 15) is 0 Å². The topological polar surface area (TPSA) is 48.4 Å². The van der Waals surface area contributed by atoms with Gasteiger partial charge in [0.25, 0.3) is 0 Å². The Morgan fingerprint density at radius 1 is 1.50 bits per heavy atom. The third-order valence-electron chi connectivity index (χ3n) is 2.74.